The van der Waals surface area contributed by atoms with E-state index in [4.69, 9.17) is 4.74 Å². The fourth-order valence-corrected chi connectivity index (χ4v) is 2.46. The van der Waals surface area contributed by atoms with Crippen LogP contribution in [0.15, 0.2) is 12.1 Å². The first-order valence-electron chi connectivity index (χ1n) is 6.36. The van der Waals surface area contributed by atoms with Gasteiger partial charge in [0.2, 0.25) is 0 Å². The van der Waals surface area contributed by atoms with Crippen LogP contribution in [-0.4, -0.2) is 13.7 Å². The molecule has 0 bridgehead atoms. The first-order chi connectivity index (χ1) is 8.26. The fourth-order valence-electron chi connectivity index (χ4n) is 2.46. The van der Waals surface area contributed by atoms with E-state index < -0.39 is 0 Å². The summed E-state index contributed by atoms with van der Waals surface area (Å²) in [6.07, 6.45) is 4.26. The maximum absolute atomic E-state index is 13.7. The highest BCUT2D eigenvalue weighted by molar-refractivity contribution is 5.40. The topological polar surface area (TPSA) is 21.3 Å². The van der Waals surface area contributed by atoms with E-state index in [9.17, 15) is 4.39 Å². The Balaban J connectivity index is 2.35. The van der Waals surface area contributed by atoms with E-state index in [1.165, 1.54) is 18.9 Å². The predicted octanol–water partition coefficient (Wildman–Crippen LogP) is 3.21. The van der Waals surface area contributed by atoms with Gasteiger partial charge in [0.25, 0.3) is 0 Å². The van der Waals surface area contributed by atoms with Crippen LogP contribution in [0.3, 0.4) is 0 Å². The summed E-state index contributed by atoms with van der Waals surface area (Å²) in [6.45, 7) is 3.01. The monoisotopic (exact) mass is 237 g/mol. The lowest BCUT2D eigenvalue weighted by Gasteiger charge is -2.26. The Kier molecular flexibility index (Phi) is 4.00. The van der Waals surface area contributed by atoms with E-state index in [2.05, 4.69) is 5.32 Å². The van der Waals surface area contributed by atoms with E-state index in [1.54, 1.807) is 7.11 Å². The number of ether oxygens (including phenoxy) is 1. The number of rotatable bonds is 3. The van der Waals surface area contributed by atoms with E-state index in [0.717, 1.165) is 30.5 Å². The molecule has 2 nitrogen and oxygen atoms in total. The molecule has 17 heavy (non-hydrogen) atoms. The Morgan fingerprint density at radius 2 is 2.24 bits per heavy atom. The van der Waals surface area contributed by atoms with Crippen molar-refractivity contribution in [1.29, 1.82) is 0 Å². The quantitative estimate of drug-likeness (QED) is 0.871. The van der Waals surface area contributed by atoms with Gasteiger partial charge in [-0.3, -0.25) is 0 Å². The van der Waals surface area contributed by atoms with Gasteiger partial charge < -0.3 is 10.1 Å². The Hall–Kier alpha value is -1.09. The molecule has 1 saturated heterocycles. The first-order valence-corrected chi connectivity index (χ1v) is 6.36. The van der Waals surface area contributed by atoms with Crippen LogP contribution in [0.1, 0.15) is 43.4 Å². The second-order valence-corrected chi connectivity index (χ2v) is 4.54. The minimum atomic E-state index is -0.163. The zero-order chi connectivity index (χ0) is 12.3. The molecule has 1 heterocycles. The molecule has 1 aliphatic heterocycles. The van der Waals surface area contributed by atoms with E-state index >= 15 is 0 Å². The second-order valence-electron chi connectivity index (χ2n) is 4.54. The lowest BCUT2D eigenvalue weighted by molar-refractivity contribution is 0.370. The van der Waals surface area contributed by atoms with Crippen LogP contribution in [0.5, 0.6) is 5.75 Å². The molecule has 1 aromatic rings. The van der Waals surface area contributed by atoms with Crippen molar-refractivity contribution in [3.8, 4) is 5.75 Å². The standard InChI is InChI=1S/C14H20FNO/c1-3-10-8-11(13-6-4-5-7-16-13)14(17-2)9-12(10)15/h8-9,13,16H,3-7H2,1-2H3. The summed E-state index contributed by atoms with van der Waals surface area (Å²) in [5, 5.41) is 3.48. The Labute approximate surface area is 102 Å². The Bertz CT molecular complexity index is 386. The molecule has 0 spiro atoms. The smallest absolute Gasteiger partial charge is 0.130 e. The molecule has 0 radical (unpaired) electrons. The van der Waals surface area contributed by atoms with Gasteiger partial charge in [-0.25, -0.2) is 4.39 Å². The zero-order valence-corrected chi connectivity index (χ0v) is 10.6. The average Bonchev–Trinajstić information content (AvgIpc) is 2.39. The number of aryl methyl sites for hydroxylation is 1. The van der Waals surface area contributed by atoms with E-state index in [0.29, 0.717) is 11.8 Å². The number of methoxy groups -OCH3 is 1. The van der Waals surface area contributed by atoms with Crippen LogP contribution in [0.4, 0.5) is 4.39 Å². The lowest BCUT2D eigenvalue weighted by Crippen LogP contribution is -2.27. The molecule has 1 fully saturated rings. The third-order valence-corrected chi connectivity index (χ3v) is 3.47. The van der Waals surface area contributed by atoms with Gasteiger partial charge in [0, 0.05) is 17.7 Å². The van der Waals surface area contributed by atoms with Crippen molar-refractivity contribution in [2.45, 2.75) is 38.6 Å². The highest BCUT2D eigenvalue weighted by atomic mass is 19.1. The van der Waals surface area contributed by atoms with E-state index in [-0.39, 0.29) is 5.82 Å². The van der Waals surface area contributed by atoms with Crippen LogP contribution >= 0.6 is 0 Å². The summed E-state index contributed by atoms with van der Waals surface area (Å²) in [4.78, 5) is 0. The number of halogens is 1. The third-order valence-electron chi connectivity index (χ3n) is 3.47. The molecule has 94 valence electrons. The molecule has 1 aliphatic rings. The van der Waals surface area contributed by atoms with Gasteiger partial charge in [0.15, 0.2) is 0 Å². The molecule has 0 amide bonds. The highest BCUT2D eigenvalue weighted by Gasteiger charge is 2.20. The maximum atomic E-state index is 13.7. The molecule has 1 atom stereocenters. The molecule has 1 unspecified atom stereocenters. The van der Waals surface area contributed by atoms with Gasteiger partial charge >= 0.3 is 0 Å². The van der Waals surface area contributed by atoms with Gasteiger partial charge in [0.05, 0.1) is 7.11 Å². The van der Waals surface area contributed by atoms with Crippen molar-refractivity contribution in [2.75, 3.05) is 13.7 Å². The van der Waals surface area contributed by atoms with E-state index in [1.807, 2.05) is 13.0 Å². The fraction of sp³-hybridized carbons (Fsp3) is 0.571. The van der Waals surface area contributed by atoms with Gasteiger partial charge in [-0.15, -0.1) is 0 Å². The van der Waals surface area contributed by atoms with Crippen LogP contribution in [0.25, 0.3) is 0 Å². The molecule has 0 aliphatic carbocycles. The summed E-state index contributed by atoms with van der Waals surface area (Å²) >= 11 is 0. The van der Waals surface area contributed by atoms with Crippen LogP contribution in [0, 0.1) is 5.82 Å². The van der Waals surface area contributed by atoms with Crippen molar-refractivity contribution >= 4 is 0 Å². The highest BCUT2D eigenvalue weighted by Crippen LogP contribution is 2.32. The molecular weight excluding hydrogens is 217 g/mol. The number of hydrogen-bond donors (Lipinski definition) is 1. The summed E-state index contributed by atoms with van der Waals surface area (Å²) < 4.78 is 19.0. The van der Waals surface area contributed by atoms with Gasteiger partial charge in [0.1, 0.15) is 11.6 Å². The molecule has 0 saturated carbocycles. The largest absolute Gasteiger partial charge is 0.496 e. The minimum Gasteiger partial charge on any atom is -0.496 e. The molecule has 2 rings (SSSR count). The molecular formula is C14H20FNO. The van der Waals surface area contributed by atoms with Crippen molar-refractivity contribution < 1.29 is 9.13 Å². The minimum absolute atomic E-state index is 0.163. The predicted molar refractivity (Wildman–Crippen MR) is 66.9 cm³/mol. The average molecular weight is 237 g/mol. The van der Waals surface area contributed by atoms with Gasteiger partial charge in [-0.2, -0.15) is 0 Å². The zero-order valence-electron chi connectivity index (χ0n) is 10.6. The van der Waals surface area contributed by atoms with Crippen LogP contribution in [-0.2, 0) is 6.42 Å². The van der Waals surface area contributed by atoms with Crippen molar-refractivity contribution in [1.82, 2.24) is 5.32 Å². The maximum Gasteiger partial charge on any atom is 0.130 e. The number of piperidine rings is 1. The molecule has 0 aromatic heterocycles. The number of hydrogen-bond acceptors (Lipinski definition) is 2. The molecule has 1 N–H and O–H groups in total. The Morgan fingerprint density at radius 3 is 2.82 bits per heavy atom. The number of benzene rings is 1. The molecule has 3 heteroatoms. The number of nitrogens with one attached hydrogen (secondary N) is 1. The van der Waals surface area contributed by atoms with Crippen molar-refractivity contribution in [3.05, 3.63) is 29.1 Å². The summed E-state index contributed by atoms with van der Waals surface area (Å²) in [5.74, 6) is 0.503. The first kappa shape index (κ1) is 12.4. The van der Waals surface area contributed by atoms with Crippen molar-refractivity contribution in [2.24, 2.45) is 0 Å². The molecule has 1 aromatic carbocycles. The lowest BCUT2D eigenvalue weighted by atomic mass is 9.94. The second kappa shape index (κ2) is 5.50. The van der Waals surface area contributed by atoms with Gasteiger partial charge in [-0.1, -0.05) is 13.3 Å². The Morgan fingerprint density at radius 1 is 1.41 bits per heavy atom. The third kappa shape index (κ3) is 2.60. The van der Waals surface area contributed by atoms with Crippen molar-refractivity contribution in [3.63, 3.8) is 0 Å². The van der Waals surface area contributed by atoms with Crippen LogP contribution < -0.4 is 10.1 Å². The summed E-state index contributed by atoms with van der Waals surface area (Å²) in [6, 6.07) is 3.78. The summed E-state index contributed by atoms with van der Waals surface area (Å²) in [7, 11) is 1.60. The van der Waals surface area contributed by atoms with Crippen LogP contribution in [0.2, 0.25) is 0 Å². The normalized spacial score (nSPS) is 20.3. The van der Waals surface area contributed by atoms with Gasteiger partial charge in [-0.05, 0) is 37.4 Å². The SMILES string of the molecule is CCc1cc(C2CCCCN2)c(OC)cc1F. The summed E-state index contributed by atoms with van der Waals surface area (Å²) in [5.41, 5.74) is 1.87.